The predicted octanol–water partition coefficient (Wildman–Crippen LogP) is 4.76. The summed E-state index contributed by atoms with van der Waals surface area (Å²) >= 11 is 0. The zero-order chi connectivity index (χ0) is 26.0. The highest BCUT2D eigenvalue weighted by Crippen LogP contribution is 2.40. The number of nitro groups is 1. The molecule has 0 saturated heterocycles. The van der Waals surface area contributed by atoms with E-state index >= 15 is 0 Å². The number of ketones is 1. The summed E-state index contributed by atoms with van der Waals surface area (Å²) in [5, 5.41) is 11.0. The summed E-state index contributed by atoms with van der Waals surface area (Å²) in [6, 6.07) is 11.7. The van der Waals surface area contributed by atoms with Crippen LogP contribution in [0.1, 0.15) is 31.8 Å². The molecule has 0 unspecified atom stereocenters. The number of aryl methyl sites for hydroxylation is 1. The van der Waals surface area contributed by atoms with Crippen molar-refractivity contribution in [2.24, 2.45) is 0 Å². The standard InChI is InChI=1S/C26H21NO9/c1-14-8-18(35-26(29)16-11-21(32-2)25(34-4)22(12-16)33-3)13-19-23(14)24(28)20(36-19)10-15-6-5-7-17(9-15)27(30)31/h5-13H,1-4H3/b20-10-. The summed E-state index contributed by atoms with van der Waals surface area (Å²) in [5.74, 6) is 0.222. The van der Waals surface area contributed by atoms with Crippen LogP contribution in [0.5, 0.6) is 28.7 Å². The van der Waals surface area contributed by atoms with Crippen LogP contribution in [0.15, 0.2) is 54.3 Å². The number of non-ortho nitro benzene ring substituents is 1. The van der Waals surface area contributed by atoms with Crippen molar-refractivity contribution < 1.29 is 38.2 Å². The highest BCUT2D eigenvalue weighted by atomic mass is 16.6. The normalized spacial score (nSPS) is 13.1. The first-order valence-electron chi connectivity index (χ1n) is 10.6. The smallest absolute Gasteiger partial charge is 0.343 e. The number of carbonyl (C=O) groups is 2. The van der Waals surface area contributed by atoms with Crippen molar-refractivity contribution in [3.05, 3.63) is 86.7 Å². The Kier molecular flexibility index (Phi) is 6.60. The molecule has 0 bridgehead atoms. The van der Waals surface area contributed by atoms with Crippen LogP contribution < -0.4 is 23.7 Å². The summed E-state index contributed by atoms with van der Waals surface area (Å²) in [4.78, 5) is 36.3. The Morgan fingerprint density at radius 3 is 2.31 bits per heavy atom. The zero-order valence-corrected chi connectivity index (χ0v) is 19.8. The van der Waals surface area contributed by atoms with E-state index in [1.807, 2.05) is 0 Å². The molecule has 0 saturated carbocycles. The van der Waals surface area contributed by atoms with Gasteiger partial charge in [0.15, 0.2) is 17.3 Å². The Hall–Kier alpha value is -4.86. The second kappa shape index (κ2) is 9.79. The van der Waals surface area contributed by atoms with Gasteiger partial charge in [0.1, 0.15) is 11.5 Å². The molecule has 4 rings (SSSR count). The first-order chi connectivity index (χ1) is 17.2. The Bertz CT molecular complexity index is 1400. The number of esters is 1. The number of rotatable bonds is 7. The molecular weight excluding hydrogens is 470 g/mol. The third kappa shape index (κ3) is 4.56. The van der Waals surface area contributed by atoms with Crippen LogP contribution in [0.3, 0.4) is 0 Å². The van der Waals surface area contributed by atoms with Crippen LogP contribution in [-0.2, 0) is 0 Å². The lowest BCUT2D eigenvalue weighted by atomic mass is 10.0. The number of benzene rings is 3. The molecule has 0 amide bonds. The van der Waals surface area contributed by atoms with Crippen LogP contribution in [0.4, 0.5) is 5.69 Å². The van der Waals surface area contributed by atoms with Gasteiger partial charge in [0, 0.05) is 18.2 Å². The quantitative estimate of drug-likeness (QED) is 0.151. The summed E-state index contributed by atoms with van der Waals surface area (Å²) in [6.45, 7) is 1.69. The number of carbonyl (C=O) groups excluding carboxylic acids is 2. The maximum absolute atomic E-state index is 12.9. The maximum Gasteiger partial charge on any atom is 0.343 e. The van der Waals surface area contributed by atoms with E-state index in [2.05, 4.69) is 0 Å². The summed E-state index contributed by atoms with van der Waals surface area (Å²) in [5.41, 5.74) is 1.34. The molecule has 0 aliphatic carbocycles. The van der Waals surface area contributed by atoms with E-state index in [4.69, 9.17) is 23.7 Å². The topological polar surface area (TPSA) is 123 Å². The Morgan fingerprint density at radius 2 is 1.69 bits per heavy atom. The van der Waals surface area contributed by atoms with Gasteiger partial charge in [0.25, 0.3) is 5.69 Å². The molecular formula is C26H21NO9. The lowest BCUT2D eigenvalue weighted by Gasteiger charge is -2.14. The predicted molar refractivity (Wildman–Crippen MR) is 128 cm³/mol. The second-order valence-electron chi connectivity index (χ2n) is 7.71. The second-order valence-corrected chi connectivity index (χ2v) is 7.71. The lowest BCUT2D eigenvalue weighted by molar-refractivity contribution is -0.384. The fraction of sp³-hybridized carbons (Fsp3) is 0.154. The molecule has 0 N–H and O–H groups in total. The van der Waals surface area contributed by atoms with E-state index in [0.717, 1.165) is 0 Å². The van der Waals surface area contributed by atoms with Crippen molar-refractivity contribution in [3.8, 4) is 28.7 Å². The molecule has 0 radical (unpaired) electrons. The van der Waals surface area contributed by atoms with E-state index in [1.165, 1.54) is 63.8 Å². The van der Waals surface area contributed by atoms with Crippen molar-refractivity contribution >= 4 is 23.5 Å². The zero-order valence-electron chi connectivity index (χ0n) is 19.8. The molecule has 36 heavy (non-hydrogen) atoms. The van der Waals surface area contributed by atoms with Gasteiger partial charge in [-0.1, -0.05) is 12.1 Å². The minimum absolute atomic E-state index is 0.00158. The van der Waals surface area contributed by atoms with Crippen LogP contribution in [0, 0.1) is 17.0 Å². The van der Waals surface area contributed by atoms with Gasteiger partial charge in [-0.25, -0.2) is 4.79 Å². The van der Waals surface area contributed by atoms with Gasteiger partial charge in [-0.2, -0.15) is 0 Å². The van der Waals surface area contributed by atoms with E-state index in [1.54, 1.807) is 19.1 Å². The minimum Gasteiger partial charge on any atom is -0.493 e. The Balaban J connectivity index is 1.61. The van der Waals surface area contributed by atoms with Crippen molar-refractivity contribution in [2.75, 3.05) is 21.3 Å². The van der Waals surface area contributed by atoms with Gasteiger partial charge in [0.2, 0.25) is 11.5 Å². The Morgan fingerprint density at radius 1 is 1.00 bits per heavy atom. The Labute approximate surface area is 205 Å². The SMILES string of the molecule is COc1cc(C(=O)Oc2cc(C)c3c(c2)O/C(=C\c2cccc([N+](=O)[O-])c2)C3=O)cc(OC)c1OC. The van der Waals surface area contributed by atoms with Crippen molar-refractivity contribution in [1.29, 1.82) is 0 Å². The monoisotopic (exact) mass is 491 g/mol. The molecule has 0 aromatic heterocycles. The lowest BCUT2D eigenvalue weighted by Crippen LogP contribution is -2.10. The van der Waals surface area contributed by atoms with Gasteiger partial charge in [-0.15, -0.1) is 0 Å². The molecule has 3 aromatic rings. The molecule has 0 fully saturated rings. The van der Waals surface area contributed by atoms with Crippen molar-refractivity contribution in [3.63, 3.8) is 0 Å². The fourth-order valence-electron chi connectivity index (χ4n) is 3.78. The molecule has 1 heterocycles. The number of nitrogens with zero attached hydrogens (tertiary/aromatic N) is 1. The summed E-state index contributed by atoms with van der Waals surface area (Å²) < 4.78 is 27.1. The highest BCUT2D eigenvalue weighted by Gasteiger charge is 2.30. The molecule has 1 aliphatic heterocycles. The number of ether oxygens (including phenoxy) is 5. The minimum atomic E-state index is -0.690. The van der Waals surface area contributed by atoms with E-state index in [0.29, 0.717) is 33.9 Å². The van der Waals surface area contributed by atoms with Crippen LogP contribution in [-0.4, -0.2) is 38.0 Å². The third-order valence-electron chi connectivity index (χ3n) is 5.43. The van der Waals surface area contributed by atoms with E-state index < -0.39 is 10.9 Å². The third-order valence-corrected chi connectivity index (χ3v) is 5.43. The van der Waals surface area contributed by atoms with Crippen LogP contribution in [0.25, 0.3) is 6.08 Å². The van der Waals surface area contributed by atoms with Gasteiger partial charge >= 0.3 is 5.97 Å². The van der Waals surface area contributed by atoms with E-state index in [-0.39, 0.29) is 34.3 Å². The number of hydrogen-bond acceptors (Lipinski definition) is 9. The molecule has 184 valence electrons. The van der Waals surface area contributed by atoms with Gasteiger partial charge in [0.05, 0.1) is 37.4 Å². The van der Waals surface area contributed by atoms with Gasteiger partial charge < -0.3 is 23.7 Å². The molecule has 1 aliphatic rings. The number of Topliss-reactive ketones (excluding diaryl/α,β-unsaturated/α-hetero) is 1. The molecule has 0 atom stereocenters. The molecule has 10 heteroatoms. The summed E-state index contributed by atoms with van der Waals surface area (Å²) in [6.07, 6.45) is 1.43. The first kappa shape index (κ1) is 24.3. The van der Waals surface area contributed by atoms with E-state index in [9.17, 15) is 19.7 Å². The number of hydrogen-bond donors (Lipinski definition) is 0. The maximum atomic E-state index is 12.9. The summed E-state index contributed by atoms with van der Waals surface area (Å²) in [7, 11) is 4.32. The van der Waals surface area contributed by atoms with Crippen LogP contribution >= 0.6 is 0 Å². The number of nitro benzene ring substituents is 1. The van der Waals surface area contributed by atoms with Crippen LogP contribution in [0.2, 0.25) is 0 Å². The molecule has 3 aromatic carbocycles. The van der Waals surface area contributed by atoms with Crippen molar-refractivity contribution in [2.45, 2.75) is 6.92 Å². The fourth-order valence-corrected chi connectivity index (χ4v) is 3.78. The first-order valence-corrected chi connectivity index (χ1v) is 10.6. The largest absolute Gasteiger partial charge is 0.493 e. The number of allylic oxidation sites excluding steroid dienone is 1. The number of methoxy groups -OCH3 is 3. The van der Waals surface area contributed by atoms with Gasteiger partial charge in [-0.05, 0) is 42.3 Å². The van der Waals surface area contributed by atoms with Crippen molar-refractivity contribution in [1.82, 2.24) is 0 Å². The number of fused-ring (bicyclic) bond motifs is 1. The average Bonchev–Trinajstić information content (AvgIpc) is 3.17. The average molecular weight is 491 g/mol. The molecule has 10 nitrogen and oxygen atoms in total. The van der Waals surface area contributed by atoms with Gasteiger partial charge in [-0.3, -0.25) is 14.9 Å². The highest BCUT2D eigenvalue weighted by molar-refractivity contribution is 6.15. The molecule has 0 spiro atoms.